The fourth-order valence-corrected chi connectivity index (χ4v) is 4.50. The van der Waals surface area contributed by atoms with E-state index in [-0.39, 0.29) is 18.0 Å². The summed E-state index contributed by atoms with van der Waals surface area (Å²) in [4.78, 5) is 15.3. The summed E-state index contributed by atoms with van der Waals surface area (Å²) in [6, 6.07) is 0.674. The Bertz CT molecular complexity index is 390. The Labute approximate surface area is 155 Å². The van der Waals surface area contributed by atoms with Crippen LogP contribution in [0.5, 0.6) is 0 Å². The second kappa shape index (κ2) is 11.5. The quantitative estimate of drug-likeness (QED) is 0.345. The summed E-state index contributed by atoms with van der Waals surface area (Å²) in [5, 5.41) is 7.10. The molecule has 1 aliphatic carbocycles. The maximum atomic E-state index is 13.2. The monoisotopic (exact) mass is 371 g/mol. The normalized spacial score (nSPS) is 28.8. The molecule has 1 aliphatic heterocycles. The number of hydrogen-bond acceptors (Lipinski definition) is 5. The van der Waals surface area contributed by atoms with Gasteiger partial charge >= 0.3 is 0 Å². The number of piperazine rings is 1. The smallest absolute Gasteiger partial charge is 0.240 e. The predicted octanol–water partition coefficient (Wildman–Crippen LogP) is 0.267. The first kappa shape index (κ1) is 21.0. The highest BCUT2D eigenvalue weighted by Gasteiger charge is 2.32. The zero-order valence-corrected chi connectivity index (χ0v) is 16.7. The van der Waals surface area contributed by atoms with E-state index in [1.807, 2.05) is 0 Å². The third-order valence-electron chi connectivity index (χ3n) is 5.77. The van der Waals surface area contributed by atoms with E-state index >= 15 is 0 Å². The molecule has 2 rings (SSSR count). The molecular weight excluding hydrogens is 333 g/mol. The second-order valence-corrected chi connectivity index (χ2v) is 8.05. The first-order valence-electron chi connectivity index (χ1n) is 10.1. The molecule has 2 fully saturated rings. The van der Waals surface area contributed by atoms with Crippen molar-refractivity contribution in [2.45, 2.75) is 63.1 Å². The van der Waals surface area contributed by atoms with Gasteiger partial charge in [-0.2, -0.15) is 0 Å². The standard InChI is InChI=1S/C18H38N5OP/c19-8-2-1-3-17(22-15-6-4-14(11-20)5-7-15)18(24)23-10-9-21-12-16(23)13-25/h14-17,21-22H,1-13,19-20,25H2/t14?,15?,16-,17+/m0/s1. The van der Waals surface area contributed by atoms with Gasteiger partial charge in [0.05, 0.1) is 6.04 Å². The minimum absolute atomic E-state index is 0.0665. The molecule has 0 aromatic heterocycles. The molecule has 1 amide bonds. The van der Waals surface area contributed by atoms with Gasteiger partial charge in [0.25, 0.3) is 0 Å². The molecule has 7 heteroatoms. The third-order valence-corrected chi connectivity index (χ3v) is 6.31. The van der Waals surface area contributed by atoms with Crippen LogP contribution >= 0.6 is 9.24 Å². The average molecular weight is 372 g/mol. The minimum Gasteiger partial charge on any atom is -0.335 e. The van der Waals surface area contributed by atoms with Crippen molar-refractivity contribution < 1.29 is 4.79 Å². The van der Waals surface area contributed by atoms with Crippen molar-refractivity contribution in [2.75, 3.05) is 38.9 Å². The molecule has 146 valence electrons. The lowest BCUT2D eigenvalue weighted by Gasteiger charge is -2.39. The van der Waals surface area contributed by atoms with Gasteiger partial charge in [-0.25, -0.2) is 0 Å². The van der Waals surface area contributed by atoms with Crippen LogP contribution in [-0.4, -0.2) is 67.8 Å². The van der Waals surface area contributed by atoms with Crippen LogP contribution in [0.2, 0.25) is 0 Å². The van der Waals surface area contributed by atoms with Gasteiger partial charge in [-0.3, -0.25) is 4.79 Å². The highest BCUT2D eigenvalue weighted by Crippen LogP contribution is 2.24. The van der Waals surface area contributed by atoms with E-state index in [9.17, 15) is 4.79 Å². The SMILES string of the molecule is NCCCC[C@@H](NC1CCC(CN)CC1)C(=O)N1CCNC[C@H]1CP. The number of amides is 1. The van der Waals surface area contributed by atoms with E-state index in [0.29, 0.717) is 18.5 Å². The molecule has 0 radical (unpaired) electrons. The molecule has 0 spiro atoms. The molecule has 0 aromatic carbocycles. The molecule has 6 nitrogen and oxygen atoms in total. The number of hydrogen-bond donors (Lipinski definition) is 4. The molecule has 0 bridgehead atoms. The first-order valence-corrected chi connectivity index (χ1v) is 10.9. The van der Waals surface area contributed by atoms with E-state index in [2.05, 4.69) is 24.8 Å². The topological polar surface area (TPSA) is 96.4 Å². The average Bonchev–Trinajstić information content (AvgIpc) is 2.67. The maximum absolute atomic E-state index is 13.2. The van der Waals surface area contributed by atoms with Crippen LogP contribution < -0.4 is 22.1 Å². The maximum Gasteiger partial charge on any atom is 0.240 e. The van der Waals surface area contributed by atoms with Crippen LogP contribution in [-0.2, 0) is 4.79 Å². The minimum atomic E-state index is -0.0665. The van der Waals surface area contributed by atoms with Crippen molar-refractivity contribution in [3.63, 3.8) is 0 Å². The molecule has 1 saturated heterocycles. The van der Waals surface area contributed by atoms with Crippen molar-refractivity contribution in [1.82, 2.24) is 15.5 Å². The number of rotatable bonds is 9. The number of carbonyl (C=O) groups excluding carboxylic acids is 1. The molecule has 1 heterocycles. The molecule has 0 aromatic rings. The molecule has 25 heavy (non-hydrogen) atoms. The summed E-state index contributed by atoms with van der Waals surface area (Å²) in [6.07, 6.45) is 8.44. The zero-order chi connectivity index (χ0) is 18.1. The van der Waals surface area contributed by atoms with E-state index in [1.165, 1.54) is 12.8 Å². The van der Waals surface area contributed by atoms with Crippen molar-refractivity contribution in [1.29, 1.82) is 0 Å². The van der Waals surface area contributed by atoms with Gasteiger partial charge in [-0.1, -0.05) is 6.42 Å². The zero-order valence-electron chi connectivity index (χ0n) is 15.6. The van der Waals surface area contributed by atoms with Crippen LogP contribution in [0.1, 0.15) is 44.9 Å². The fourth-order valence-electron chi connectivity index (χ4n) is 4.08. The Hall–Kier alpha value is -0.260. The number of nitrogens with two attached hydrogens (primary N) is 2. The number of carbonyl (C=O) groups is 1. The van der Waals surface area contributed by atoms with Gasteiger partial charge in [0, 0.05) is 31.7 Å². The van der Waals surface area contributed by atoms with Gasteiger partial charge in [0.2, 0.25) is 5.91 Å². The summed E-state index contributed by atoms with van der Waals surface area (Å²) < 4.78 is 0. The van der Waals surface area contributed by atoms with E-state index in [1.54, 1.807) is 0 Å². The van der Waals surface area contributed by atoms with Crippen LogP contribution in [0, 0.1) is 5.92 Å². The summed E-state index contributed by atoms with van der Waals surface area (Å²) in [7, 11) is 2.79. The molecule has 1 saturated carbocycles. The lowest BCUT2D eigenvalue weighted by Crippen LogP contribution is -2.59. The number of nitrogens with one attached hydrogen (secondary N) is 2. The number of nitrogens with zero attached hydrogens (tertiary/aromatic N) is 1. The van der Waals surface area contributed by atoms with E-state index in [4.69, 9.17) is 11.5 Å². The van der Waals surface area contributed by atoms with Crippen LogP contribution in [0.4, 0.5) is 0 Å². The fraction of sp³-hybridized carbons (Fsp3) is 0.944. The first-order chi connectivity index (χ1) is 12.2. The van der Waals surface area contributed by atoms with E-state index in [0.717, 1.165) is 64.4 Å². The lowest BCUT2D eigenvalue weighted by molar-refractivity contribution is -0.136. The Morgan fingerprint density at radius 1 is 1.24 bits per heavy atom. The Balaban J connectivity index is 1.95. The molecule has 1 unspecified atom stereocenters. The van der Waals surface area contributed by atoms with Crippen LogP contribution in [0.3, 0.4) is 0 Å². The van der Waals surface area contributed by atoms with Crippen LogP contribution in [0.15, 0.2) is 0 Å². The molecule has 2 aliphatic rings. The highest BCUT2D eigenvalue weighted by atomic mass is 31.0. The number of unbranched alkanes of at least 4 members (excludes halogenated alkanes) is 1. The van der Waals surface area contributed by atoms with E-state index < -0.39 is 0 Å². The van der Waals surface area contributed by atoms with Gasteiger partial charge in [0.1, 0.15) is 0 Å². The largest absolute Gasteiger partial charge is 0.335 e. The van der Waals surface area contributed by atoms with Gasteiger partial charge < -0.3 is 27.0 Å². The third kappa shape index (κ3) is 6.44. The van der Waals surface area contributed by atoms with Crippen molar-refractivity contribution in [2.24, 2.45) is 17.4 Å². The molecular formula is C18H38N5OP. The summed E-state index contributed by atoms with van der Waals surface area (Å²) in [5.74, 6) is 0.950. The second-order valence-electron chi connectivity index (χ2n) is 7.58. The van der Waals surface area contributed by atoms with Crippen molar-refractivity contribution >= 4 is 15.1 Å². The Morgan fingerprint density at radius 2 is 2.00 bits per heavy atom. The molecule has 3 atom stereocenters. The summed E-state index contributed by atoms with van der Waals surface area (Å²) in [5.41, 5.74) is 11.5. The van der Waals surface area contributed by atoms with Crippen molar-refractivity contribution in [3.05, 3.63) is 0 Å². The van der Waals surface area contributed by atoms with Gasteiger partial charge in [-0.05, 0) is 63.7 Å². The van der Waals surface area contributed by atoms with Crippen LogP contribution in [0.25, 0.3) is 0 Å². The van der Waals surface area contributed by atoms with Gasteiger partial charge in [-0.15, -0.1) is 9.24 Å². The summed E-state index contributed by atoms with van der Waals surface area (Å²) >= 11 is 0. The van der Waals surface area contributed by atoms with Gasteiger partial charge in [0.15, 0.2) is 0 Å². The predicted molar refractivity (Wildman–Crippen MR) is 108 cm³/mol. The highest BCUT2D eigenvalue weighted by molar-refractivity contribution is 7.16. The Kier molecular flexibility index (Phi) is 9.64. The Morgan fingerprint density at radius 3 is 2.64 bits per heavy atom. The molecule has 6 N–H and O–H groups in total. The van der Waals surface area contributed by atoms with Crippen molar-refractivity contribution in [3.8, 4) is 0 Å². The summed E-state index contributed by atoms with van der Waals surface area (Å²) in [6.45, 7) is 4.09. The lowest BCUT2D eigenvalue weighted by atomic mass is 9.85.